The van der Waals surface area contributed by atoms with Gasteiger partial charge in [0.1, 0.15) is 23.6 Å². The fourth-order valence-electron chi connectivity index (χ4n) is 2.53. The lowest BCUT2D eigenvalue weighted by Crippen LogP contribution is -2.16. The van der Waals surface area contributed by atoms with Gasteiger partial charge in [0.25, 0.3) is 0 Å². The predicted molar refractivity (Wildman–Crippen MR) is 94.4 cm³/mol. The molecular formula is C19H18F2N4O. The summed E-state index contributed by atoms with van der Waals surface area (Å²) in [4.78, 5) is 12.9. The van der Waals surface area contributed by atoms with E-state index in [1.54, 1.807) is 30.6 Å². The Morgan fingerprint density at radius 1 is 1.08 bits per heavy atom. The Labute approximate surface area is 149 Å². The zero-order valence-corrected chi connectivity index (χ0v) is 14.2. The van der Waals surface area contributed by atoms with Gasteiger partial charge in [-0.1, -0.05) is 13.0 Å². The van der Waals surface area contributed by atoms with Gasteiger partial charge in [0, 0.05) is 36.3 Å². The molecule has 3 rings (SSSR count). The molecule has 2 heterocycles. The maximum atomic E-state index is 13.8. The van der Waals surface area contributed by atoms with Crippen molar-refractivity contribution in [1.82, 2.24) is 15.0 Å². The van der Waals surface area contributed by atoms with E-state index >= 15 is 0 Å². The Bertz CT molecular complexity index is 870. The molecule has 0 fully saturated rings. The molecule has 0 saturated heterocycles. The van der Waals surface area contributed by atoms with E-state index in [0.29, 0.717) is 18.1 Å². The van der Waals surface area contributed by atoms with Crippen molar-refractivity contribution >= 4 is 5.82 Å². The highest BCUT2D eigenvalue weighted by Gasteiger charge is 2.18. The van der Waals surface area contributed by atoms with Crippen LogP contribution in [-0.4, -0.2) is 26.6 Å². The van der Waals surface area contributed by atoms with E-state index in [4.69, 9.17) is 0 Å². The first-order chi connectivity index (χ1) is 12.6. The van der Waals surface area contributed by atoms with E-state index in [1.807, 2.05) is 6.92 Å². The van der Waals surface area contributed by atoms with Gasteiger partial charge in [-0.15, -0.1) is 0 Å². The van der Waals surface area contributed by atoms with E-state index in [-0.39, 0.29) is 12.1 Å². The van der Waals surface area contributed by atoms with Gasteiger partial charge in [-0.2, -0.15) is 0 Å². The van der Waals surface area contributed by atoms with Crippen LogP contribution in [0.15, 0.2) is 48.8 Å². The van der Waals surface area contributed by atoms with Gasteiger partial charge in [0.15, 0.2) is 5.82 Å². The molecule has 1 aromatic carbocycles. The molecule has 0 radical (unpaired) electrons. The minimum atomic E-state index is -1.35. The Balaban J connectivity index is 1.81. The third kappa shape index (κ3) is 4.00. The summed E-state index contributed by atoms with van der Waals surface area (Å²) in [6.45, 7) is 1.87. The second kappa shape index (κ2) is 7.97. The zero-order chi connectivity index (χ0) is 18.5. The van der Waals surface area contributed by atoms with Crippen LogP contribution in [0.2, 0.25) is 0 Å². The molecule has 134 valence electrons. The van der Waals surface area contributed by atoms with Crippen LogP contribution >= 0.6 is 0 Å². The number of benzene rings is 1. The quantitative estimate of drug-likeness (QED) is 0.707. The molecule has 3 aromatic rings. The standard InChI is InChI=1S/C19H18F2N4O/c1-2-13-10-17(25-19(24-13)12-6-8-22-9-7-12)23-11-16(26)18-14(20)4-3-5-15(18)21/h3-10,16,26H,2,11H2,1H3,(H,23,24,25). The monoisotopic (exact) mass is 356 g/mol. The van der Waals surface area contributed by atoms with Crippen molar-refractivity contribution in [2.24, 2.45) is 0 Å². The van der Waals surface area contributed by atoms with Crippen LogP contribution in [0.25, 0.3) is 11.4 Å². The maximum absolute atomic E-state index is 13.8. The van der Waals surface area contributed by atoms with Crippen molar-refractivity contribution in [2.45, 2.75) is 19.4 Å². The fourth-order valence-corrected chi connectivity index (χ4v) is 2.53. The molecule has 0 bridgehead atoms. The van der Waals surface area contributed by atoms with Gasteiger partial charge in [-0.3, -0.25) is 4.98 Å². The van der Waals surface area contributed by atoms with E-state index in [9.17, 15) is 13.9 Å². The lowest BCUT2D eigenvalue weighted by molar-refractivity contribution is 0.181. The first-order valence-corrected chi connectivity index (χ1v) is 8.22. The van der Waals surface area contributed by atoms with Crippen molar-refractivity contribution in [1.29, 1.82) is 0 Å². The van der Waals surface area contributed by atoms with E-state index in [1.165, 1.54) is 6.07 Å². The average Bonchev–Trinajstić information content (AvgIpc) is 2.66. The van der Waals surface area contributed by atoms with Crippen molar-refractivity contribution < 1.29 is 13.9 Å². The van der Waals surface area contributed by atoms with Gasteiger partial charge in [-0.25, -0.2) is 18.7 Å². The number of nitrogens with zero attached hydrogens (tertiary/aromatic N) is 3. The molecular weight excluding hydrogens is 338 g/mol. The summed E-state index contributed by atoms with van der Waals surface area (Å²) in [6, 6.07) is 8.82. The zero-order valence-electron chi connectivity index (χ0n) is 14.2. The number of anilines is 1. The highest BCUT2D eigenvalue weighted by atomic mass is 19.1. The molecule has 1 atom stereocenters. The number of rotatable bonds is 6. The molecule has 0 amide bonds. The smallest absolute Gasteiger partial charge is 0.161 e. The first kappa shape index (κ1) is 17.9. The van der Waals surface area contributed by atoms with Crippen LogP contribution in [-0.2, 0) is 6.42 Å². The predicted octanol–water partition coefficient (Wildman–Crippen LogP) is 3.52. The van der Waals surface area contributed by atoms with Crippen molar-refractivity contribution in [3.05, 3.63) is 71.7 Å². The Kier molecular flexibility index (Phi) is 5.48. The molecule has 0 aliphatic heterocycles. The van der Waals surface area contributed by atoms with Crippen LogP contribution in [0.3, 0.4) is 0 Å². The normalized spacial score (nSPS) is 12.0. The molecule has 2 aromatic heterocycles. The second-order valence-electron chi connectivity index (χ2n) is 5.69. The molecule has 0 aliphatic carbocycles. The number of hydrogen-bond acceptors (Lipinski definition) is 5. The van der Waals surface area contributed by atoms with Gasteiger partial charge in [0.2, 0.25) is 0 Å². The highest BCUT2D eigenvalue weighted by molar-refractivity contribution is 5.56. The summed E-state index contributed by atoms with van der Waals surface area (Å²) in [5.74, 6) is -0.581. The summed E-state index contributed by atoms with van der Waals surface area (Å²) in [5.41, 5.74) is 1.25. The van der Waals surface area contributed by atoms with Crippen LogP contribution in [0, 0.1) is 11.6 Å². The largest absolute Gasteiger partial charge is 0.386 e. The number of aryl methyl sites for hydroxylation is 1. The summed E-state index contributed by atoms with van der Waals surface area (Å²) >= 11 is 0. The summed E-state index contributed by atoms with van der Waals surface area (Å²) in [5, 5.41) is 13.1. The Morgan fingerprint density at radius 3 is 2.42 bits per heavy atom. The maximum Gasteiger partial charge on any atom is 0.161 e. The fraction of sp³-hybridized carbons (Fsp3) is 0.211. The number of nitrogens with one attached hydrogen (secondary N) is 1. The lowest BCUT2D eigenvalue weighted by atomic mass is 10.1. The Hall–Kier alpha value is -2.93. The van der Waals surface area contributed by atoms with E-state index in [0.717, 1.165) is 23.4 Å². The lowest BCUT2D eigenvalue weighted by Gasteiger charge is -2.15. The van der Waals surface area contributed by atoms with Gasteiger partial charge in [0.05, 0.1) is 5.56 Å². The van der Waals surface area contributed by atoms with Crippen LogP contribution in [0.5, 0.6) is 0 Å². The minimum Gasteiger partial charge on any atom is -0.386 e. The second-order valence-corrected chi connectivity index (χ2v) is 5.69. The van der Waals surface area contributed by atoms with Gasteiger partial charge >= 0.3 is 0 Å². The first-order valence-electron chi connectivity index (χ1n) is 8.22. The van der Waals surface area contributed by atoms with Gasteiger partial charge in [-0.05, 0) is 30.7 Å². The third-order valence-electron chi connectivity index (χ3n) is 3.89. The minimum absolute atomic E-state index is 0.0895. The molecule has 26 heavy (non-hydrogen) atoms. The van der Waals surface area contributed by atoms with Crippen molar-refractivity contribution in [3.63, 3.8) is 0 Å². The molecule has 1 unspecified atom stereocenters. The molecule has 0 spiro atoms. The number of aliphatic hydroxyl groups is 1. The summed E-state index contributed by atoms with van der Waals surface area (Å²) in [7, 11) is 0. The third-order valence-corrected chi connectivity index (χ3v) is 3.89. The molecule has 0 aliphatic rings. The van der Waals surface area contributed by atoms with E-state index in [2.05, 4.69) is 20.3 Å². The number of hydrogen-bond donors (Lipinski definition) is 2. The summed E-state index contributed by atoms with van der Waals surface area (Å²) < 4.78 is 27.5. The summed E-state index contributed by atoms with van der Waals surface area (Å²) in [6.07, 6.45) is 2.64. The Morgan fingerprint density at radius 2 is 1.77 bits per heavy atom. The van der Waals surface area contributed by atoms with Crippen molar-refractivity contribution in [2.75, 3.05) is 11.9 Å². The van der Waals surface area contributed by atoms with Gasteiger partial charge < -0.3 is 10.4 Å². The molecule has 5 nitrogen and oxygen atoms in total. The SMILES string of the molecule is CCc1cc(NCC(O)c2c(F)cccc2F)nc(-c2ccncc2)n1. The molecule has 0 saturated carbocycles. The van der Waals surface area contributed by atoms with Crippen LogP contribution < -0.4 is 5.32 Å². The van der Waals surface area contributed by atoms with E-state index < -0.39 is 17.7 Å². The van der Waals surface area contributed by atoms with Crippen LogP contribution in [0.4, 0.5) is 14.6 Å². The topological polar surface area (TPSA) is 70.9 Å². The number of aliphatic hydroxyl groups excluding tert-OH is 1. The highest BCUT2D eigenvalue weighted by Crippen LogP contribution is 2.22. The number of aromatic nitrogens is 3. The number of pyridine rings is 1. The molecule has 7 heteroatoms. The average molecular weight is 356 g/mol. The van der Waals surface area contributed by atoms with Crippen molar-refractivity contribution in [3.8, 4) is 11.4 Å². The number of halogens is 2. The molecule has 2 N–H and O–H groups in total. The van der Waals surface area contributed by atoms with Crippen LogP contribution in [0.1, 0.15) is 24.3 Å².